The summed E-state index contributed by atoms with van der Waals surface area (Å²) in [5.74, 6) is 0.712. The SMILES string of the molecule is CCCCCNC(=O)c1cnc(N(CCC)CCC)cn1. The van der Waals surface area contributed by atoms with Crippen molar-refractivity contribution in [3.8, 4) is 0 Å². The molecule has 0 aliphatic rings. The maximum absolute atomic E-state index is 11.9. The second kappa shape index (κ2) is 10.1. The Morgan fingerprint density at radius 3 is 2.29 bits per heavy atom. The van der Waals surface area contributed by atoms with Gasteiger partial charge in [-0.15, -0.1) is 0 Å². The Hall–Kier alpha value is -1.65. The lowest BCUT2D eigenvalue weighted by molar-refractivity contribution is 0.0947. The molecule has 1 aromatic rings. The second-order valence-corrected chi connectivity index (χ2v) is 5.21. The van der Waals surface area contributed by atoms with Crippen molar-refractivity contribution < 1.29 is 4.79 Å². The third-order valence-electron chi connectivity index (χ3n) is 3.25. The standard InChI is InChI=1S/C16H28N4O/c1-4-7-8-9-17-16(21)14-12-19-15(13-18-14)20(10-5-2)11-6-3/h12-13H,4-11H2,1-3H3,(H,17,21). The molecule has 0 aromatic carbocycles. The predicted molar refractivity (Wildman–Crippen MR) is 86.7 cm³/mol. The number of unbranched alkanes of at least 4 members (excludes halogenated alkanes) is 2. The molecule has 1 rings (SSSR count). The van der Waals surface area contributed by atoms with Crippen molar-refractivity contribution in [1.29, 1.82) is 0 Å². The number of anilines is 1. The van der Waals surface area contributed by atoms with Gasteiger partial charge in [0, 0.05) is 19.6 Å². The summed E-state index contributed by atoms with van der Waals surface area (Å²) in [6.45, 7) is 9.07. The Labute approximate surface area is 128 Å². The van der Waals surface area contributed by atoms with E-state index in [0.29, 0.717) is 12.2 Å². The van der Waals surface area contributed by atoms with Gasteiger partial charge in [0.25, 0.3) is 5.91 Å². The fourth-order valence-electron chi connectivity index (χ4n) is 2.15. The second-order valence-electron chi connectivity index (χ2n) is 5.21. The maximum atomic E-state index is 11.9. The fraction of sp³-hybridized carbons (Fsp3) is 0.688. The highest BCUT2D eigenvalue weighted by Gasteiger charge is 2.10. The van der Waals surface area contributed by atoms with Gasteiger partial charge >= 0.3 is 0 Å². The zero-order valence-corrected chi connectivity index (χ0v) is 13.6. The van der Waals surface area contributed by atoms with Crippen molar-refractivity contribution in [2.45, 2.75) is 52.9 Å². The monoisotopic (exact) mass is 292 g/mol. The van der Waals surface area contributed by atoms with E-state index in [-0.39, 0.29) is 5.91 Å². The molecule has 0 aliphatic carbocycles. The van der Waals surface area contributed by atoms with Crippen LogP contribution in [-0.4, -0.2) is 35.5 Å². The Morgan fingerprint density at radius 1 is 1.05 bits per heavy atom. The minimum atomic E-state index is -0.136. The molecule has 118 valence electrons. The minimum absolute atomic E-state index is 0.136. The molecule has 0 unspecified atom stereocenters. The zero-order valence-electron chi connectivity index (χ0n) is 13.6. The van der Waals surface area contributed by atoms with E-state index in [9.17, 15) is 4.79 Å². The van der Waals surface area contributed by atoms with Gasteiger partial charge in [-0.25, -0.2) is 9.97 Å². The number of nitrogens with one attached hydrogen (secondary N) is 1. The van der Waals surface area contributed by atoms with Crippen LogP contribution < -0.4 is 10.2 Å². The average Bonchev–Trinajstić information content (AvgIpc) is 2.51. The molecule has 0 atom stereocenters. The number of carbonyl (C=O) groups is 1. The summed E-state index contributed by atoms with van der Waals surface area (Å²) in [5, 5.41) is 2.88. The Balaban J connectivity index is 2.57. The molecular weight excluding hydrogens is 264 g/mol. The lowest BCUT2D eigenvalue weighted by atomic mass is 10.2. The molecule has 0 aliphatic heterocycles. The summed E-state index contributed by atoms with van der Waals surface area (Å²) in [6.07, 6.45) is 8.70. The van der Waals surface area contributed by atoms with Crippen molar-refractivity contribution in [2.75, 3.05) is 24.5 Å². The summed E-state index contributed by atoms with van der Waals surface area (Å²) in [7, 11) is 0. The predicted octanol–water partition coefficient (Wildman–Crippen LogP) is 3.02. The van der Waals surface area contributed by atoms with Crippen LogP contribution in [0, 0.1) is 0 Å². The molecule has 0 fully saturated rings. The van der Waals surface area contributed by atoms with E-state index in [1.807, 2.05) is 0 Å². The first-order valence-corrected chi connectivity index (χ1v) is 8.08. The van der Waals surface area contributed by atoms with E-state index in [1.54, 1.807) is 12.4 Å². The van der Waals surface area contributed by atoms with Gasteiger partial charge in [-0.05, 0) is 19.3 Å². The molecule has 0 saturated carbocycles. The molecule has 5 nitrogen and oxygen atoms in total. The Kier molecular flexibility index (Phi) is 8.40. The maximum Gasteiger partial charge on any atom is 0.271 e. The van der Waals surface area contributed by atoms with Crippen LogP contribution in [-0.2, 0) is 0 Å². The summed E-state index contributed by atoms with van der Waals surface area (Å²) in [5.41, 5.74) is 0.392. The largest absolute Gasteiger partial charge is 0.355 e. The van der Waals surface area contributed by atoms with Gasteiger partial charge in [0.2, 0.25) is 0 Å². The summed E-state index contributed by atoms with van der Waals surface area (Å²) < 4.78 is 0. The van der Waals surface area contributed by atoms with Crippen LogP contribution in [0.3, 0.4) is 0 Å². The van der Waals surface area contributed by atoms with Crippen LogP contribution >= 0.6 is 0 Å². The van der Waals surface area contributed by atoms with Crippen molar-refractivity contribution in [2.24, 2.45) is 0 Å². The molecule has 0 radical (unpaired) electrons. The molecule has 21 heavy (non-hydrogen) atoms. The highest BCUT2D eigenvalue weighted by molar-refractivity contribution is 5.91. The lowest BCUT2D eigenvalue weighted by Crippen LogP contribution is -2.28. The van der Waals surface area contributed by atoms with Crippen molar-refractivity contribution >= 4 is 11.7 Å². The highest BCUT2D eigenvalue weighted by Crippen LogP contribution is 2.10. The van der Waals surface area contributed by atoms with E-state index in [2.05, 4.69) is 41.0 Å². The number of hydrogen-bond acceptors (Lipinski definition) is 4. The highest BCUT2D eigenvalue weighted by atomic mass is 16.1. The molecule has 0 saturated heterocycles. The van der Waals surface area contributed by atoms with Gasteiger partial charge in [-0.3, -0.25) is 4.79 Å². The third kappa shape index (κ3) is 6.10. The number of aromatic nitrogens is 2. The number of hydrogen-bond donors (Lipinski definition) is 1. The van der Waals surface area contributed by atoms with Gasteiger partial charge in [-0.2, -0.15) is 0 Å². The van der Waals surface area contributed by atoms with Crippen molar-refractivity contribution in [3.63, 3.8) is 0 Å². The van der Waals surface area contributed by atoms with Crippen molar-refractivity contribution in [3.05, 3.63) is 18.1 Å². The van der Waals surface area contributed by atoms with E-state index in [4.69, 9.17) is 0 Å². The van der Waals surface area contributed by atoms with Crippen LogP contribution in [0.15, 0.2) is 12.4 Å². The topological polar surface area (TPSA) is 58.1 Å². The molecule has 0 bridgehead atoms. The van der Waals surface area contributed by atoms with Crippen LogP contribution in [0.5, 0.6) is 0 Å². The molecule has 5 heteroatoms. The van der Waals surface area contributed by atoms with Gasteiger partial charge in [-0.1, -0.05) is 33.6 Å². The number of nitrogens with zero attached hydrogens (tertiary/aromatic N) is 3. The van der Waals surface area contributed by atoms with E-state index in [1.165, 1.54) is 0 Å². The van der Waals surface area contributed by atoms with Gasteiger partial charge in [0.1, 0.15) is 11.5 Å². The van der Waals surface area contributed by atoms with Gasteiger partial charge in [0.05, 0.1) is 12.4 Å². The normalized spacial score (nSPS) is 10.4. The summed E-state index contributed by atoms with van der Waals surface area (Å²) in [4.78, 5) is 22.7. The van der Waals surface area contributed by atoms with Gasteiger partial charge < -0.3 is 10.2 Å². The fourth-order valence-corrected chi connectivity index (χ4v) is 2.15. The van der Waals surface area contributed by atoms with Crippen LogP contribution in [0.2, 0.25) is 0 Å². The lowest BCUT2D eigenvalue weighted by Gasteiger charge is -2.22. The zero-order chi connectivity index (χ0) is 15.5. The molecule has 1 heterocycles. The van der Waals surface area contributed by atoms with Crippen LogP contribution in [0.4, 0.5) is 5.82 Å². The Bertz CT molecular complexity index is 399. The molecule has 1 amide bonds. The average molecular weight is 292 g/mol. The third-order valence-corrected chi connectivity index (χ3v) is 3.25. The van der Waals surface area contributed by atoms with Gasteiger partial charge in [0.15, 0.2) is 0 Å². The molecule has 1 N–H and O–H groups in total. The summed E-state index contributed by atoms with van der Waals surface area (Å²) in [6, 6.07) is 0. The molecule has 0 spiro atoms. The number of rotatable bonds is 10. The minimum Gasteiger partial charge on any atom is -0.355 e. The van der Waals surface area contributed by atoms with Crippen molar-refractivity contribution in [1.82, 2.24) is 15.3 Å². The number of amides is 1. The van der Waals surface area contributed by atoms with Crippen LogP contribution in [0.25, 0.3) is 0 Å². The van der Waals surface area contributed by atoms with Crippen LogP contribution in [0.1, 0.15) is 63.4 Å². The quantitative estimate of drug-likeness (QED) is 0.673. The number of carbonyl (C=O) groups excluding carboxylic acids is 1. The first-order chi connectivity index (χ1) is 10.2. The van der Waals surface area contributed by atoms with E-state index in [0.717, 1.165) is 51.0 Å². The van der Waals surface area contributed by atoms with E-state index >= 15 is 0 Å². The Morgan fingerprint density at radius 2 is 1.76 bits per heavy atom. The first kappa shape index (κ1) is 17.4. The smallest absolute Gasteiger partial charge is 0.271 e. The molecule has 1 aromatic heterocycles. The van der Waals surface area contributed by atoms with E-state index < -0.39 is 0 Å². The summed E-state index contributed by atoms with van der Waals surface area (Å²) >= 11 is 0. The molecular formula is C16H28N4O. The first-order valence-electron chi connectivity index (χ1n) is 8.08.